The van der Waals surface area contributed by atoms with Crippen LogP contribution >= 0.6 is 0 Å². The van der Waals surface area contributed by atoms with Crippen LogP contribution in [-0.4, -0.2) is 139 Å². The molecule has 0 aliphatic carbocycles. The highest BCUT2D eigenvalue weighted by Crippen LogP contribution is 2.22. The Morgan fingerprint density at radius 3 is 1.68 bits per heavy atom. The number of carboxylic acid groups (broad SMARTS) is 3. The van der Waals surface area contributed by atoms with E-state index < -0.39 is 145 Å². The van der Waals surface area contributed by atoms with Crippen LogP contribution in [0.4, 0.5) is 0 Å². The molecule has 2 rings (SSSR count). The number of carbonyl (C=O) groups is 10. The van der Waals surface area contributed by atoms with Crippen molar-refractivity contribution >= 4 is 59.3 Å². The summed E-state index contributed by atoms with van der Waals surface area (Å²) in [6.45, 7) is 13.8. The molecular formula is C46H72N8O14. The summed E-state index contributed by atoms with van der Waals surface area (Å²) < 4.78 is 0. The number of rotatable bonds is 28. The molecule has 22 heteroatoms. The molecular weight excluding hydrogens is 889 g/mol. The van der Waals surface area contributed by atoms with Gasteiger partial charge in [-0.2, -0.15) is 0 Å². The van der Waals surface area contributed by atoms with Crippen LogP contribution in [0.3, 0.4) is 0 Å². The Hall–Kier alpha value is -6.32. The van der Waals surface area contributed by atoms with Gasteiger partial charge in [0.15, 0.2) is 0 Å². The fourth-order valence-electron chi connectivity index (χ4n) is 7.55. The van der Waals surface area contributed by atoms with E-state index in [1.54, 1.807) is 55.4 Å². The molecule has 12 N–H and O–H groups in total. The highest BCUT2D eigenvalue weighted by Gasteiger charge is 2.41. The van der Waals surface area contributed by atoms with Crippen molar-refractivity contribution in [2.45, 2.75) is 162 Å². The van der Waals surface area contributed by atoms with Crippen molar-refractivity contribution < 1.29 is 68.4 Å². The van der Waals surface area contributed by atoms with Gasteiger partial charge in [0.2, 0.25) is 41.4 Å². The van der Waals surface area contributed by atoms with Gasteiger partial charge in [-0.05, 0) is 67.1 Å². The topological polar surface area (TPSA) is 353 Å². The molecule has 22 nitrogen and oxygen atoms in total. The lowest BCUT2D eigenvalue weighted by molar-refractivity contribution is -0.150. The van der Waals surface area contributed by atoms with E-state index >= 15 is 0 Å². The van der Waals surface area contributed by atoms with Crippen molar-refractivity contribution in [2.75, 3.05) is 6.54 Å². The molecule has 0 unspecified atom stereocenters. The van der Waals surface area contributed by atoms with Crippen molar-refractivity contribution in [1.29, 1.82) is 0 Å². The first kappa shape index (κ1) is 57.8. The molecule has 0 radical (unpaired) electrons. The zero-order valence-corrected chi connectivity index (χ0v) is 40.2. The number of phenolic OH excluding ortho intramolecular Hbond substituents is 1. The number of benzene rings is 1. The molecule has 380 valence electrons. The largest absolute Gasteiger partial charge is 0.508 e. The number of aromatic hydroxyl groups is 1. The van der Waals surface area contributed by atoms with Crippen molar-refractivity contribution in [1.82, 2.24) is 36.8 Å². The number of carbonyl (C=O) groups excluding carboxylic acids is 7. The summed E-state index contributed by atoms with van der Waals surface area (Å²) in [5.74, 6) is -11.5. The Morgan fingerprint density at radius 2 is 1.15 bits per heavy atom. The Balaban J connectivity index is 2.45. The predicted molar refractivity (Wildman–Crippen MR) is 246 cm³/mol. The first-order chi connectivity index (χ1) is 31.8. The van der Waals surface area contributed by atoms with E-state index in [2.05, 4.69) is 31.9 Å². The van der Waals surface area contributed by atoms with Crippen LogP contribution in [0.25, 0.3) is 0 Å². The Kier molecular flexibility index (Phi) is 23.4. The van der Waals surface area contributed by atoms with E-state index in [9.17, 15) is 63.3 Å². The number of nitrogens with two attached hydrogens (primary N) is 1. The lowest BCUT2D eigenvalue weighted by Crippen LogP contribution is -2.61. The quantitative estimate of drug-likeness (QED) is 0.0541. The molecule has 1 fully saturated rings. The summed E-state index contributed by atoms with van der Waals surface area (Å²) in [5.41, 5.74) is 6.23. The normalized spacial score (nSPS) is 17.5. The molecule has 1 saturated heterocycles. The second-order valence-corrected chi connectivity index (χ2v) is 18.3. The lowest BCUT2D eigenvalue weighted by atomic mass is 9.95. The van der Waals surface area contributed by atoms with Gasteiger partial charge in [0.25, 0.3) is 0 Å². The highest BCUT2D eigenvalue weighted by molar-refractivity contribution is 5.98. The van der Waals surface area contributed by atoms with Crippen molar-refractivity contribution in [3.8, 4) is 5.75 Å². The molecule has 1 heterocycles. The summed E-state index contributed by atoms with van der Waals surface area (Å²) in [4.78, 5) is 133. The summed E-state index contributed by atoms with van der Waals surface area (Å²) in [6.07, 6.45) is -0.436. The number of carboxylic acids is 3. The predicted octanol–water partition coefficient (Wildman–Crippen LogP) is 0.380. The number of likely N-dealkylation sites (tertiary alicyclic amines) is 1. The number of nitrogens with one attached hydrogen (secondary N) is 6. The fourth-order valence-corrected chi connectivity index (χ4v) is 7.55. The number of hydrogen-bond acceptors (Lipinski definition) is 12. The van der Waals surface area contributed by atoms with Gasteiger partial charge in [-0.1, -0.05) is 80.4 Å². The SMILES string of the molecule is CC[C@H](C)[C@H](NC(=O)[C@@H](N)CC(=O)O)C(=O)N[C@@H](Cc1ccc(O)cc1)C(=O)N[C@@H](CC(C)C)C(=O)N[C@@H](CCC(=O)O)C(=O)N[C@H](C(=O)N[C@H](C(=O)N1CCC[C@H]1C(=O)O)[C@@H](C)CC)C(C)C. The maximum absolute atomic E-state index is 14.2. The zero-order valence-electron chi connectivity index (χ0n) is 40.2. The monoisotopic (exact) mass is 961 g/mol. The third-order valence-corrected chi connectivity index (χ3v) is 12.0. The van der Waals surface area contributed by atoms with Gasteiger partial charge in [-0.3, -0.25) is 43.2 Å². The van der Waals surface area contributed by atoms with Gasteiger partial charge in [0.05, 0.1) is 12.5 Å². The first-order valence-corrected chi connectivity index (χ1v) is 23.1. The minimum Gasteiger partial charge on any atom is -0.508 e. The van der Waals surface area contributed by atoms with Crippen LogP contribution < -0.4 is 37.6 Å². The van der Waals surface area contributed by atoms with E-state index in [1.807, 2.05) is 0 Å². The minimum atomic E-state index is -1.56. The molecule has 1 aliphatic rings. The second-order valence-electron chi connectivity index (χ2n) is 18.3. The van der Waals surface area contributed by atoms with E-state index in [-0.39, 0.29) is 37.5 Å². The fraction of sp³-hybridized carbons (Fsp3) is 0.652. The minimum absolute atomic E-state index is 0.0143. The smallest absolute Gasteiger partial charge is 0.326 e. The van der Waals surface area contributed by atoms with Gasteiger partial charge in [-0.25, -0.2) is 4.79 Å². The molecule has 68 heavy (non-hydrogen) atoms. The Labute approximate surface area is 396 Å². The van der Waals surface area contributed by atoms with Crippen molar-refractivity contribution in [3.63, 3.8) is 0 Å². The summed E-state index contributed by atoms with van der Waals surface area (Å²) in [6, 6.07) is -4.93. The van der Waals surface area contributed by atoms with Crippen LogP contribution in [0.1, 0.15) is 112 Å². The zero-order chi connectivity index (χ0) is 51.6. The number of amides is 7. The Morgan fingerprint density at radius 1 is 0.647 bits per heavy atom. The summed E-state index contributed by atoms with van der Waals surface area (Å²) in [5, 5.41) is 53.9. The maximum Gasteiger partial charge on any atom is 0.326 e. The third kappa shape index (κ3) is 18.1. The molecule has 0 spiro atoms. The van der Waals surface area contributed by atoms with Gasteiger partial charge < -0.3 is 63.0 Å². The van der Waals surface area contributed by atoms with Crippen LogP contribution in [0.5, 0.6) is 5.75 Å². The number of phenols is 1. The van der Waals surface area contributed by atoms with Crippen molar-refractivity contribution in [3.05, 3.63) is 29.8 Å². The number of hydrogen-bond donors (Lipinski definition) is 11. The maximum atomic E-state index is 14.2. The van der Waals surface area contributed by atoms with E-state index in [0.29, 0.717) is 24.8 Å². The molecule has 1 aliphatic heterocycles. The van der Waals surface area contributed by atoms with Gasteiger partial charge in [0, 0.05) is 19.4 Å². The highest BCUT2D eigenvalue weighted by atomic mass is 16.4. The average Bonchev–Trinajstić information content (AvgIpc) is 3.77. The van der Waals surface area contributed by atoms with E-state index in [4.69, 9.17) is 10.8 Å². The van der Waals surface area contributed by atoms with Crippen LogP contribution in [0.2, 0.25) is 0 Å². The third-order valence-electron chi connectivity index (χ3n) is 12.0. The van der Waals surface area contributed by atoms with E-state index in [0.717, 1.165) is 0 Å². The second kappa shape index (κ2) is 27.5. The standard InChI is InChI=1S/C46H72N8O14/c1-9-25(7)37(52-39(60)29(47)22-35(58)59)44(65)50-32(21-27-13-15-28(55)16-14-27)42(63)49-31(20-23(3)4)41(62)48-30(17-18-34(56)57)40(61)51-36(24(5)6)43(64)53-38(26(8)10-2)45(66)54-19-11-12-33(54)46(67)68/h13-16,23-26,29-33,36-38,55H,9-12,17-22,47H2,1-8H3,(H,48,62)(H,49,63)(H,50,65)(H,51,61)(H,52,60)(H,53,64)(H,56,57)(H,58,59)(H,67,68)/t25-,26-,29-,30-,31-,32-,33-,36-,37-,38-/m0/s1. The van der Waals surface area contributed by atoms with Crippen molar-refractivity contribution in [2.24, 2.45) is 29.4 Å². The number of nitrogens with zero attached hydrogens (tertiary/aromatic N) is 1. The van der Waals surface area contributed by atoms with Gasteiger partial charge in [0.1, 0.15) is 48.0 Å². The van der Waals surface area contributed by atoms with Crippen LogP contribution in [0.15, 0.2) is 24.3 Å². The van der Waals surface area contributed by atoms with Crippen LogP contribution in [-0.2, 0) is 54.4 Å². The summed E-state index contributed by atoms with van der Waals surface area (Å²) in [7, 11) is 0. The molecule has 1 aromatic rings. The molecule has 10 atom stereocenters. The van der Waals surface area contributed by atoms with Gasteiger partial charge >= 0.3 is 17.9 Å². The summed E-state index contributed by atoms with van der Waals surface area (Å²) >= 11 is 0. The molecule has 0 saturated carbocycles. The van der Waals surface area contributed by atoms with Crippen LogP contribution in [0, 0.1) is 23.7 Å². The molecule has 0 aromatic heterocycles. The average molecular weight is 961 g/mol. The number of aliphatic carboxylic acids is 3. The Bertz CT molecular complexity index is 1950. The molecule has 7 amide bonds. The van der Waals surface area contributed by atoms with E-state index in [1.165, 1.54) is 29.2 Å². The first-order valence-electron chi connectivity index (χ1n) is 23.1. The molecule has 1 aromatic carbocycles. The van der Waals surface area contributed by atoms with Gasteiger partial charge in [-0.15, -0.1) is 0 Å². The lowest BCUT2D eigenvalue weighted by Gasteiger charge is -2.32. The molecule has 0 bridgehead atoms.